The van der Waals surface area contributed by atoms with Crippen molar-refractivity contribution in [2.45, 2.75) is 4.90 Å². The van der Waals surface area contributed by atoms with Crippen LogP contribution in [0.3, 0.4) is 0 Å². The van der Waals surface area contributed by atoms with Crippen LogP contribution in [-0.4, -0.2) is 19.3 Å². The highest BCUT2D eigenvalue weighted by Crippen LogP contribution is 2.21. The van der Waals surface area contributed by atoms with E-state index in [-0.39, 0.29) is 10.5 Å². The molecule has 8 heteroatoms. The first kappa shape index (κ1) is 14.6. The Bertz CT molecular complexity index is 748. The first-order valence-electron chi connectivity index (χ1n) is 5.41. The van der Waals surface area contributed by atoms with Gasteiger partial charge >= 0.3 is 0 Å². The third-order valence-corrected chi connectivity index (χ3v) is 4.03. The number of aromatic nitrogens is 1. The van der Waals surface area contributed by atoms with Crippen LogP contribution in [0.1, 0.15) is 10.4 Å². The highest BCUT2D eigenvalue weighted by Gasteiger charge is 2.15. The van der Waals surface area contributed by atoms with Crippen molar-refractivity contribution in [2.24, 2.45) is 5.14 Å². The summed E-state index contributed by atoms with van der Waals surface area (Å²) in [7, 11) is -3.86. The number of pyridine rings is 1. The molecule has 0 unspecified atom stereocenters. The molecule has 1 heterocycles. The van der Waals surface area contributed by atoms with Crippen LogP contribution in [0.4, 0.5) is 5.69 Å². The van der Waals surface area contributed by atoms with E-state index in [1.54, 1.807) is 18.3 Å². The number of rotatable bonds is 3. The van der Waals surface area contributed by atoms with Crippen molar-refractivity contribution in [3.05, 3.63) is 52.8 Å². The monoisotopic (exact) mass is 355 g/mol. The number of primary sulfonamides is 1. The normalized spacial score (nSPS) is 11.1. The Balaban J connectivity index is 2.35. The number of anilines is 1. The Kier molecular flexibility index (Phi) is 4.17. The molecular formula is C12H10BrN3O3S. The number of halogens is 1. The van der Waals surface area contributed by atoms with E-state index < -0.39 is 15.9 Å². The Hall–Kier alpha value is -1.77. The molecule has 0 saturated heterocycles. The molecule has 0 aliphatic carbocycles. The fraction of sp³-hybridized carbons (Fsp3) is 0. The van der Waals surface area contributed by atoms with E-state index in [0.717, 1.165) is 0 Å². The van der Waals surface area contributed by atoms with Crippen molar-refractivity contribution >= 4 is 37.5 Å². The molecule has 0 aliphatic rings. The molecule has 0 bridgehead atoms. The van der Waals surface area contributed by atoms with Crippen molar-refractivity contribution in [1.82, 2.24) is 4.98 Å². The van der Waals surface area contributed by atoms with Crippen molar-refractivity contribution in [1.29, 1.82) is 0 Å². The molecule has 0 saturated carbocycles. The van der Waals surface area contributed by atoms with E-state index in [1.807, 2.05) is 0 Å². The number of carbonyl (C=O) groups excluding carboxylic acids is 1. The largest absolute Gasteiger partial charge is 0.321 e. The lowest BCUT2D eigenvalue weighted by Gasteiger charge is -2.08. The second kappa shape index (κ2) is 5.70. The van der Waals surface area contributed by atoms with Crippen LogP contribution < -0.4 is 10.5 Å². The molecule has 0 fully saturated rings. The average Bonchev–Trinajstić information content (AvgIpc) is 2.39. The summed E-state index contributed by atoms with van der Waals surface area (Å²) < 4.78 is 23.1. The highest BCUT2D eigenvalue weighted by atomic mass is 79.9. The summed E-state index contributed by atoms with van der Waals surface area (Å²) in [5.41, 5.74) is 0.672. The minimum absolute atomic E-state index is 0.128. The summed E-state index contributed by atoms with van der Waals surface area (Å²) >= 11 is 3.20. The van der Waals surface area contributed by atoms with Gasteiger partial charge in [0, 0.05) is 10.7 Å². The molecule has 2 rings (SSSR count). The summed E-state index contributed by atoms with van der Waals surface area (Å²) in [6, 6.07) is 7.33. The van der Waals surface area contributed by atoms with Gasteiger partial charge < -0.3 is 5.32 Å². The van der Waals surface area contributed by atoms with E-state index in [2.05, 4.69) is 26.2 Å². The van der Waals surface area contributed by atoms with Crippen LogP contribution in [-0.2, 0) is 10.0 Å². The lowest BCUT2D eigenvalue weighted by Crippen LogP contribution is -2.16. The predicted octanol–water partition coefficient (Wildman–Crippen LogP) is 1.74. The van der Waals surface area contributed by atoms with Crippen LogP contribution in [0.15, 0.2) is 52.1 Å². The van der Waals surface area contributed by atoms with E-state index in [4.69, 9.17) is 5.14 Å². The van der Waals surface area contributed by atoms with Gasteiger partial charge in [0.05, 0.1) is 22.3 Å². The number of sulfonamides is 1. The van der Waals surface area contributed by atoms with Gasteiger partial charge in [0.25, 0.3) is 5.91 Å². The van der Waals surface area contributed by atoms with Crippen LogP contribution in [0.25, 0.3) is 0 Å². The second-order valence-corrected chi connectivity index (χ2v) is 6.30. The molecular weight excluding hydrogens is 346 g/mol. The number of hydrogen-bond donors (Lipinski definition) is 2. The van der Waals surface area contributed by atoms with Crippen molar-refractivity contribution in [3.63, 3.8) is 0 Å². The predicted molar refractivity (Wildman–Crippen MR) is 77.7 cm³/mol. The highest BCUT2D eigenvalue weighted by molar-refractivity contribution is 9.10. The SMILES string of the molecule is NS(=O)(=O)c1ccc(Br)c(C(=O)Nc2cccnc2)c1. The van der Waals surface area contributed by atoms with Crippen molar-refractivity contribution in [2.75, 3.05) is 5.32 Å². The zero-order valence-electron chi connectivity index (χ0n) is 10.1. The van der Waals surface area contributed by atoms with Gasteiger partial charge in [-0.3, -0.25) is 9.78 Å². The van der Waals surface area contributed by atoms with Crippen molar-refractivity contribution in [3.8, 4) is 0 Å². The molecule has 0 atom stereocenters. The van der Waals surface area contributed by atoms with Crippen LogP contribution in [0.2, 0.25) is 0 Å². The number of amides is 1. The van der Waals surface area contributed by atoms with E-state index in [0.29, 0.717) is 10.2 Å². The minimum Gasteiger partial charge on any atom is -0.321 e. The number of nitrogens with two attached hydrogens (primary N) is 1. The summed E-state index contributed by atoms with van der Waals surface area (Å²) in [5, 5.41) is 7.65. The summed E-state index contributed by atoms with van der Waals surface area (Å²) in [6.07, 6.45) is 3.06. The third kappa shape index (κ3) is 3.41. The Morgan fingerprint density at radius 2 is 2.05 bits per heavy atom. The fourth-order valence-corrected chi connectivity index (χ4v) is 2.46. The molecule has 1 aromatic carbocycles. The number of carbonyl (C=O) groups is 1. The maximum Gasteiger partial charge on any atom is 0.256 e. The number of hydrogen-bond acceptors (Lipinski definition) is 4. The smallest absolute Gasteiger partial charge is 0.256 e. The number of nitrogens with zero attached hydrogens (tertiary/aromatic N) is 1. The van der Waals surface area contributed by atoms with Gasteiger partial charge in [-0.15, -0.1) is 0 Å². The lowest BCUT2D eigenvalue weighted by molar-refractivity contribution is 0.102. The Morgan fingerprint density at radius 3 is 2.65 bits per heavy atom. The molecule has 6 nitrogen and oxygen atoms in total. The first-order chi connectivity index (χ1) is 9.38. The van der Waals surface area contributed by atoms with Gasteiger partial charge in [-0.25, -0.2) is 13.6 Å². The molecule has 2 aromatic rings. The van der Waals surface area contributed by atoms with E-state index in [9.17, 15) is 13.2 Å². The molecule has 20 heavy (non-hydrogen) atoms. The van der Waals surface area contributed by atoms with Gasteiger partial charge in [-0.1, -0.05) is 0 Å². The maximum atomic E-state index is 12.1. The molecule has 104 valence electrons. The Morgan fingerprint density at radius 1 is 1.30 bits per heavy atom. The molecule has 3 N–H and O–H groups in total. The second-order valence-electron chi connectivity index (χ2n) is 3.88. The fourth-order valence-electron chi connectivity index (χ4n) is 1.49. The molecule has 0 spiro atoms. The first-order valence-corrected chi connectivity index (χ1v) is 7.75. The van der Waals surface area contributed by atoms with E-state index in [1.165, 1.54) is 24.4 Å². The molecule has 0 radical (unpaired) electrons. The van der Waals surface area contributed by atoms with Gasteiger partial charge in [0.1, 0.15) is 0 Å². The van der Waals surface area contributed by atoms with Gasteiger partial charge in [-0.2, -0.15) is 0 Å². The summed E-state index contributed by atoms with van der Waals surface area (Å²) in [6.45, 7) is 0. The standard InChI is InChI=1S/C12H10BrN3O3S/c13-11-4-3-9(20(14,18)19)6-10(11)12(17)16-8-2-1-5-15-7-8/h1-7H,(H,16,17)(H2,14,18,19). The molecule has 1 aromatic heterocycles. The number of benzene rings is 1. The lowest BCUT2D eigenvalue weighted by atomic mass is 10.2. The Labute approximate surface area is 124 Å². The number of nitrogens with one attached hydrogen (secondary N) is 1. The maximum absolute atomic E-state index is 12.1. The van der Waals surface area contributed by atoms with Gasteiger partial charge in [-0.05, 0) is 46.3 Å². The topological polar surface area (TPSA) is 102 Å². The minimum atomic E-state index is -3.86. The molecule has 1 amide bonds. The van der Waals surface area contributed by atoms with Gasteiger partial charge in [0.15, 0.2) is 0 Å². The van der Waals surface area contributed by atoms with Crippen LogP contribution in [0.5, 0.6) is 0 Å². The summed E-state index contributed by atoms with van der Waals surface area (Å²) in [4.78, 5) is 15.9. The van der Waals surface area contributed by atoms with E-state index >= 15 is 0 Å². The zero-order valence-corrected chi connectivity index (χ0v) is 12.5. The van der Waals surface area contributed by atoms with Crippen LogP contribution in [0, 0.1) is 0 Å². The van der Waals surface area contributed by atoms with Crippen molar-refractivity contribution < 1.29 is 13.2 Å². The molecule has 0 aliphatic heterocycles. The van der Waals surface area contributed by atoms with Gasteiger partial charge in [0.2, 0.25) is 10.0 Å². The zero-order chi connectivity index (χ0) is 14.8. The van der Waals surface area contributed by atoms with Crippen LogP contribution >= 0.6 is 15.9 Å². The quantitative estimate of drug-likeness (QED) is 0.875. The summed E-state index contributed by atoms with van der Waals surface area (Å²) in [5.74, 6) is -0.463. The average molecular weight is 356 g/mol. The third-order valence-electron chi connectivity index (χ3n) is 2.43.